The van der Waals surface area contributed by atoms with Crippen molar-refractivity contribution in [2.24, 2.45) is 16.5 Å². The lowest BCUT2D eigenvalue weighted by Gasteiger charge is -2.14. The maximum Gasteiger partial charge on any atom is 0.280 e. The predicted molar refractivity (Wildman–Crippen MR) is 75.6 cm³/mol. The van der Waals surface area contributed by atoms with Gasteiger partial charge in [-0.1, -0.05) is 6.92 Å². The molecule has 1 rings (SSSR count). The van der Waals surface area contributed by atoms with Crippen LogP contribution in [0.2, 0.25) is 0 Å². The Bertz CT molecular complexity index is 662. The van der Waals surface area contributed by atoms with Gasteiger partial charge in [0.2, 0.25) is 0 Å². The standard InChI is InChI=1S/C12H17N3O4S/c1-4-7-8(11(16)15-12(13)14)5-6-9(19-2)10(7)20(3,17)18/h5-6H,4H2,1-3H3,(H4,13,14,15,16). The molecule has 110 valence electrons. The maximum absolute atomic E-state index is 11.9. The molecular weight excluding hydrogens is 282 g/mol. The van der Waals surface area contributed by atoms with Gasteiger partial charge in [-0.25, -0.2) is 8.42 Å². The van der Waals surface area contributed by atoms with E-state index in [4.69, 9.17) is 16.2 Å². The van der Waals surface area contributed by atoms with E-state index in [2.05, 4.69) is 4.99 Å². The lowest BCUT2D eigenvalue weighted by atomic mass is 10.0. The van der Waals surface area contributed by atoms with Crippen molar-refractivity contribution in [2.75, 3.05) is 13.4 Å². The average molecular weight is 299 g/mol. The quantitative estimate of drug-likeness (QED) is 0.599. The van der Waals surface area contributed by atoms with Crippen molar-refractivity contribution in [1.29, 1.82) is 0 Å². The minimum atomic E-state index is -3.56. The van der Waals surface area contributed by atoms with E-state index < -0.39 is 15.7 Å². The van der Waals surface area contributed by atoms with Crippen LogP contribution in [-0.2, 0) is 16.3 Å². The summed E-state index contributed by atoms with van der Waals surface area (Å²) in [5.74, 6) is -0.881. The van der Waals surface area contributed by atoms with Crippen LogP contribution in [0.1, 0.15) is 22.8 Å². The van der Waals surface area contributed by atoms with Gasteiger partial charge in [-0.05, 0) is 24.1 Å². The van der Waals surface area contributed by atoms with E-state index in [0.717, 1.165) is 6.26 Å². The third-order valence-corrected chi connectivity index (χ3v) is 3.82. The number of hydrogen-bond acceptors (Lipinski definition) is 4. The highest BCUT2D eigenvalue weighted by Gasteiger charge is 2.23. The van der Waals surface area contributed by atoms with Crippen LogP contribution in [0.15, 0.2) is 22.0 Å². The molecule has 8 heteroatoms. The van der Waals surface area contributed by atoms with Crippen LogP contribution in [0, 0.1) is 0 Å². The molecule has 0 atom stereocenters. The topological polar surface area (TPSA) is 125 Å². The fourth-order valence-electron chi connectivity index (χ4n) is 1.90. The zero-order chi connectivity index (χ0) is 15.5. The molecule has 1 amide bonds. The first kappa shape index (κ1) is 16.0. The number of ether oxygens (including phenoxy) is 1. The molecule has 0 heterocycles. The summed E-state index contributed by atoms with van der Waals surface area (Å²) in [6, 6.07) is 2.85. The van der Waals surface area contributed by atoms with Gasteiger partial charge >= 0.3 is 0 Å². The minimum absolute atomic E-state index is 0.0147. The van der Waals surface area contributed by atoms with Crippen LogP contribution < -0.4 is 16.2 Å². The van der Waals surface area contributed by atoms with Gasteiger partial charge in [-0.2, -0.15) is 4.99 Å². The molecular formula is C12H17N3O4S. The van der Waals surface area contributed by atoms with Crippen molar-refractivity contribution in [3.63, 3.8) is 0 Å². The Labute approximate surface area is 117 Å². The lowest BCUT2D eigenvalue weighted by Crippen LogP contribution is -2.24. The van der Waals surface area contributed by atoms with Gasteiger partial charge in [0.1, 0.15) is 10.6 Å². The smallest absolute Gasteiger partial charge is 0.280 e. The van der Waals surface area contributed by atoms with E-state index in [-0.39, 0.29) is 22.2 Å². The Hall–Kier alpha value is -2.09. The number of sulfone groups is 1. The summed E-state index contributed by atoms with van der Waals surface area (Å²) in [5.41, 5.74) is 10.8. The number of methoxy groups -OCH3 is 1. The number of nitrogens with two attached hydrogens (primary N) is 2. The molecule has 0 aromatic heterocycles. The molecule has 0 saturated carbocycles. The van der Waals surface area contributed by atoms with Gasteiger partial charge in [0.15, 0.2) is 15.8 Å². The monoisotopic (exact) mass is 299 g/mol. The molecule has 4 N–H and O–H groups in total. The number of carbonyl (C=O) groups is 1. The second-order valence-corrected chi connectivity index (χ2v) is 6.04. The Morgan fingerprint density at radius 1 is 1.35 bits per heavy atom. The van der Waals surface area contributed by atoms with Gasteiger partial charge in [0, 0.05) is 11.8 Å². The fraction of sp³-hybridized carbons (Fsp3) is 0.333. The molecule has 1 aromatic rings. The summed E-state index contributed by atoms with van der Waals surface area (Å²) in [4.78, 5) is 15.3. The van der Waals surface area contributed by atoms with E-state index in [9.17, 15) is 13.2 Å². The zero-order valence-corrected chi connectivity index (χ0v) is 12.3. The molecule has 0 aliphatic carbocycles. The normalized spacial score (nSPS) is 10.9. The second-order valence-electron chi connectivity index (χ2n) is 4.09. The number of amides is 1. The van der Waals surface area contributed by atoms with E-state index in [0.29, 0.717) is 12.0 Å². The summed E-state index contributed by atoms with van der Waals surface area (Å²) < 4.78 is 28.9. The number of guanidine groups is 1. The van der Waals surface area contributed by atoms with Crippen LogP contribution in [-0.4, -0.2) is 33.7 Å². The Balaban J connectivity index is 3.67. The van der Waals surface area contributed by atoms with Gasteiger partial charge in [-0.15, -0.1) is 0 Å². The van der Waals surface area contributed by atoms with E-state index in [1.54, 1.807) is 6.92 Å². The number of benzene rings is 1. The van der Waals surface area contributed by atoms with Crippen LogP contribution >= 0.6 is 0 Å². The lowest BCUT2D eigenvalue weighted by molar-refractivity contribution is 0.100. The highest BCUT2D eigenvalue weighted by molar-refractivity contribution is 7.90. The number of carbonyl (C=O) groups excluding carboxylic acids is 1. The molecule has 0 fully saturated rings. The molecule has 0 aliphatic heterocycles. The first-order chi connectivity index (χ1) is 9.22. The fourth-order valence-corrected chi connectivity index (χ4v) is 3.12. The molecule has 0 saturated heterocycles. The minimum Gasteiger partial charge on any atom is -0.495 e. The molecule has 0 bridgehead atoms. The predicted octanol–water partition coefficient (Wildman–Crippen LogP) is 0.0747. The Morgan fingerprint density at radius 2 is 1.95 bits per heavy atom. The van der Waals surface area contributed by atoms with Crippen LogP contribution in [0.25, 0.3) is 0 Å². The van der Waals surface area contributed by atoms with Gasteiger partial charge in [0.25, 0.3) is 5.91 Å². The SMILES string of the molecule is CCc1c(C(=O)N=C(N)N)ccc(OC)c1S(C)(=O)=O. The first-order valence-electron chi connectivity index (χ1n) is 5.76. The average Bonchev–Trinajstić information content (AvgIpc) is 2.34. The van der Waals surface area contributed by atoms with Crippen molar-refractivity contribution in [3.05, 3.63) is 23.3 Å². The van der Waals surface area contributed by atoms with E-state index in [1.807, 2.05) is 0 Å². The summed E-state index contributed by atoms with van der Waals surface area (Å²) >= 11 is 0. The van der Waals surface area contributed by atoms with Gasteiger partial charge < -0.3 is 16.2 Å². The maximum atomic E-state index is 11.9. The number of aliphatic imine (C=N–C) groups is 1. The highest BCUT2D eigenvalue weighted by atomic mass is 32.2. The Kier molecular flexibility index (Phi) is 4.72. The molecule has 0 radical (unpaired) electrons. The number of hydrogen-bond donors (Lipinski definition) is 2. The number of nitrogens with zero attached hydrogens (tertiary/aromatic N) is 1. The largest absolute Gasteiger partial charge is 0.495 e. The van der Waals surface area contributed by atoms with E-state index >= 15 is 0 Å². The summed E-state index contributed by atoms with van der Waals surface area (Å²) in [6.45, 7) is 1.73. The van der Waals surface area contributed by atoms with Crippen LogP contribution in [0.3, 0.4) is 0 Å². The van der Waals surface area contributed by atoms with Crippen LogP contribution in [0.4, 0.5) is 0 Å². The summed E-state index contributed by atoms with van der Waals surface area (Å²) in [6.07, 6.45) is 1.37. The van der Waals surface area contributed by atoms with Crippen molar-refractivity contribution < 1.29 is 17.9 Å². The molecule has 0 spiro atoms. The van der Waals surface area contributed by atoms with Gasteiger partial charge in [-0.3, -0.25) is 4.79 Å². The van der Waals surface area contributed by atoms with Crippen molar-refractivity contribution in [1.82, 2.24) is 0 Å². The van der Waals surface area contributed by atoms with Gasteiger partial charge in [0.05, 0.1) is 7.11 Å². The molecule has 1 aromatic carbocycles. The summed E-state index contributed by atoms with van der Waals surface area (Å²) in [7, 11) is -2.20. The molecule has 0 unspecified atom stereocenters. The highest BCUT2D eigenvalue weighted by Crippen LogP contribution is 2.31. The third kappa shape index (κ3) is 3.27. The first-order valence-corrected chi connectivity index (χ1v) is 7.65. The molecule has 0 aliphatic rings. The molecule has 7 nitrogen and oxygen atoms in total. The summed E-state index contributed by atoms with van der Waals surface area (Å²) in [5, 5.41) is 0. The number of rotatable bonds is 4. The van der Waals surface area contributed by atoms with E-state index in [1.165, 1.54) is 19.2 Å². The van der Waals surface area contributed by atoms with Crippen LogP contribution in [0.5, 0.6) is 5.75 Å². The molecule has 20 heavy (non-hydrogen) atoms. The third-order valence-electron chi connectivity index (χ3n) is 2.63. The van der Waals surface area contributed by atoms with Crippen molar-refractivity contribution in [2.45, 2.75) is 18.2 Å². The van der Waals surface area contributed by atoms with Crippen molar-refractivity contribution in [3.8, 4) is 5.75 Å². The second kappa shape index (κ2) is 5.91. The zero-order valence-electron chi connectivity index (χ0n) is 11.5. The van der Waals surface area contributed by atoms with Crippen molar-refractivity contribution >= 4 is 21.7 Å². The Morgan fingerprint density at radius 3 is 2.35 bits per heavy atom.